The first-order chi connectivity index (χ1) is 12.7. The van der Waals surface area contributed by atoms with Gasteiger partial charge in [0.05, 0.1) is 25.0 Å². The molecule has 0 aliphatic carbocycles. The molecule has 0 fully saturated rings. The molecule has 0 aliphatic heterocycles. The standard InChI is InChI=1S/C17H13ClN6O2/c1-26-17(25)16-19-10-21-23(16)9-13-15(11-4-6-12(18)7-5-11)22-14-3-2-8-20-24(13)14/h2-8,10H,9H2,1H3. The van der Waals surface area contributed by atoms with Crippen LogP contribution in [0.2, 0.25) is 5.02 Å². The third kappa shape index (κ3) is 2.80. The Hall–Kier alpha value is -3.26. The van der Waals surface area contributed by atoms with E-state index in [1.165, 1.54) is 18.1 Å². The molecule has 0 atom stereocenters. The largest absolute Gasteiger partial charge is 0.463 e. The van der Waals surface area contributed by atoms with E-state index in [4.69, 9.17) is 16.3 Å². The summed E-state index contributed by atoms with van der Waals surface area (Å²) in [4.78, 5) is 20.5. The molecular weight excluding hydrogens is 356 g/mol. The van der Waals surface area contributed by atoms with E-state index < -0.39 is 5.97 Å². The Labute approximate surface area is 153 Å². The molecule has 0 spiro atoms. The summed E-state index contributed by atoms with van der Waals surface area (Å²) in [5.41, 5.74) is 3.06. The predicted molar refractivity (Wildman–Crippen MR) is 93.9 cm³/mol. The number of carbonyl (C=O) groups excluding carboxylic acids is 1. The van der Waals surface area contributed by atoms with Gasteiger partial charge in [0.2, 0.25) is 5.82 Å². The van der Waals surface area contributed by atoms with E-state index in [0.29, 0.717) is 10.7 Å². The maximum Gasteiger partial charge on any atom is 0.375 e. The Morgan fingerprint density at radius 2 is 2.00 bits per heavy atom. The molecule has 1 aromatic carbocycles. The van der Waals surface area contributed by atoms with Gasteiger partial charge in [-0.25, -0.2) is 24.0 Å². The van der Waals surface area contributed by atoms with Gasteiger partial charge in [-0.15, -0.1) is 0 Å². The van der Waals surface area contributed by atoms with Gasteiger partial charge in [0.15, 0.2) is 5.65 Å². The van der Waals surface area contributed by atoms with Crippen LogP contribution in [0.5, 0.6) is 0 Å². The zero-order chi connectivity index (χ0) is 18.1. The lowest BCUT2D eigenvalue weighted by Crippen LogP contribution is -2.15. The van der Waals surface area contributed by atoms with Crippen molar-refractivity contribution in [2.45, 2.75) is 6.54 Å². The average Bonchev–Trinajstić information content (AvgIpc) is 3.27. The Morgan fingerprint density at radius 1 is 1.19 bits per heavy atom. The molecule has 0 unspecified atom stereocenters. The van der Waals surface area contributed by atoms with Gasteiger partial charge in [-0.1, -0.05) is 23.7 Å². The minimum atomic E-state index is -0.558. The van der Waals surface area contributed by atoms with Crippen molar-refractivity contribution in [3.05, 3.63) is 65.5 Å². The van der Waals surface area contributed by atoms with Crippen LogP contribution in [0.4, 0.5) is 0 Å². The highest BCUT2D eigenvalue weighted by atomic mass is 35.5. The molecule has 0 aliphatic rings. The number of hydrogen-bond donors (Lipinski definition) is 0. The summed E-state index contributed by atoms with van der Waals surface area (Å²) >= 11 is 5.99. The number of aromatic nitrogens is 6. The lowest BCUT2D eigenvalue weighted by Gasteiger charge is -2.07. The third-order valence-corrected chi connectivity index (χ3v) is 4.14. The molecule has 0 saturated carbocycles. The van der Waals surface area contributed by atoms with Gasteiger partial charge in [-0.05, 0) is 24.3 Å². The summed E-state index contributed by atoms with van der Waals surface area (Å²) < 4.78 is 7.93. The van der Waals surface area contributed by atoms with Crippen LogP contribution < -0.4 is 0 Å². The summed E-state index contributed by atoms with van der Waals surface area (Å²) in [7, 11) is 1.30. The van der Waals surface area contributed by atoms with Crippen molar-refractivity contribution >= 4 is 23.2 Å². The van der Waals surface area contributed by atoms with Gasteiger partial charge >= 0.3 is 5.97 Å². The highest BCUT2D eigenvalue weighted by Crippen LogP contribution is 2.26. The second-order valence-corrected chi connectivity index (χ2v) is 5.88. The zero-order valence-corrected chi connectivity index (χ0v) is 14.5. The van der Waals surface area contributed by atoms with Gasteiger partial charge in [-0.2, -0.15) is 10.2 Å². The molecule has 9 heteroatoms. The van der Waals surface area contributed by atoms with Crippen molar-refractivity contribution in [2.75, 3.05) is 7.11 Å². The summed E-state index contributed by atoms with van der Waals surface area (Å²) in [6, 6.07) is 11.0. The van der Waals surface area contributed by atoms with Crippen LogP contribution in [0, 0.1) is 0 Å². The fourth-order valence-electron chi connectivity index (χ4n) is 2.69. The van der Waals surface area contributed by atoms with E-state index >= 15 is 0 Å². The van der Waals surface area contributed by atoms with Crippen LogP contribution in [-0.2, 0) is 11.3 Å². The summed E-state index contributed by atoms with van der Waals surface area (Å²) in [6.07, 6.45) is 2.98. The van der Waals surface area contributed by atoms with Gasteiger partial charge in [0.25, 0.3) is 0 Å². The van der Waals surface area contributed by atoms with Gasteiger partial charge < -0.3 is 4.74 Å². The molecule has 4 aromatic rings. The Bertz CT molecular complexity index is 1090. The van der Waals surface area contributed by atoms with Crippen molar-refractivity contribution in [1.82, 2.24) is 29.4 Å². The summed E-state index contributed by atoms with van der Waals surface area (Å²) in [6.45, 7) is 0.251. The van der Waals surface area contributed by atoms with Crippen molar-refractivity contribution < 1.29 is 9.53 Å². The Kier molecular flexibility index (Phi) is 4.10. The molecule has 0 bridgehead atoms. The van der Waals surface area contributed by atoms with Crippen LogP contribution in [0.1, 0.15) is 16.3 Å². The van der Waals surface area contributed by atoms with E-state index in [1.807, 2.05) is 24.3 Å². The number of ether oxygens (including phenoxy) is 1. The number of hydrogen-bond acceptors (Lipinski definition) is 6. The average molecular weight is 369 g/mol. The molecule has 3 aromatic heterocycles. The fourth-order valence-corrected chi connectivity index (χ4v) is 2.81. The maximum absolute atomic E-state index is 11.9. The topological polar surface area (TPSA) is 87.2 Å². The first-order valence-electron chi connectivity index (χ1n) is 7.72. The second kappa shape index (κ2) is 6.57. The van der Waals surface area contributed by atoms with E-state index in [2.05, 4.69) is 20.2 Å². The minimum absolute atomic E-state index is 0.112. The van der Waals surface area contributed by atoms with E-state index in [-0.39, 0.29) is 12.4 Å². The molecule has 4 rings (SSSR count). The third-order valence-electron chi connectivity index (χ3n) is 3.89. The Morgan fingerprint density at radius 3 is 2.77 bits per heavy atom. The first-order valence-corrected chi connectivity index (χ1v) is 8.10. The van der Waals surface area contributed by atoms with Crippen LogP contribution >= 0.6 is 11.6 Å². The molecule has 0 N–H and O–H groups in total. The fraction of sp³-hybridized carbons (Fsp3) is 0.118. The highest BCUT2D eigenvalue weighted by molar-refractivity contribution is 6.30. The number of rotatable bonds is 4. The molecule has 26 heavy (non-hydrogen) atoms. The number of esters is 1. The van der Waals surface area contributed by atoms with Crippen molar-refractivity contribution in [3.8, 4) is 11.3 Å². The number of fused-ring (bicyclic) bond motifs is 1. The monoisotopic (exact) mass is 368 g/mol. The molecule has 3 heterocycles. The lowest BCUT2D eigenvalue weighted by atomic mass is 10.1. The van der Waals surface area contributed by atoms with Gasteiger partial charge in [0, 0.05) is 16.8 Å². The first kappa shape index (κ1) is 16.2. The predicted octanol–water partition coefficient (Wildman–Crippen LogP) is 2.48. The second-order valence-electron chi connectivity index (χ2n) is 5.44. The van der Waals surface area contributed by atoms with Gasteiger partial charge in [0.1, 0.15) is 6.33 Å². The SMILES string of the molecule is COC(=O)c1ncnn1Cc1c(-c2ccc(Cl)cc2)nc2cccnn12. The quantitative estimate of drug-likeness (QED) is 0.514. The number of benzene rings is 1. The van der Waals surface area contributed by atoms with Crippen molar-refractivity contribution in [1.29, 1.82) is 0 Å². The van der Waals surface area contributed by atoms with Crippen LogP contribution in [0.25, 0.3) is 16.9 Å². The number of carbonyl (C=O) groups is 1. The van der Waals surface area contributed by atoms with Crippen LogP contribution in [-0.4, -0.2) is 42.4 Å². The molecule has 0 saturated heterocycles. The summed E-state index contributed by atoms with van der Waals surface area (Å²) in [5, 5.41) is 9.14. The summed E-state index contributed by atoms with van der Waals surface area (Å²) in [5.74, 6) is -0.447. The Balaban J connectivity index is 1.86. The number of halogens is 1. The number of nitrogens with zero attached hydrogens (tertiary/aromatic N) is 6. The highest BCUT2D eigenvalue weighted by Gasteiger charge is 2.20. The molecular formula is C17H13ClN6O2. The van der Waals surface area contributed by atoms with Crippen molar-refractivity contribution in [2.24, 2.45) is 0 Å². The smallest absolute Gasteiger partial charge is 0.375 e. The molecule has 130 valence electrons. The van der Waals surface area contributed by atoms with Crippen LogP contribution in [0.15, 0.2) is 48.9 Å². The van der Waals surface area contributed by atoms with E-state index in [9.17, 15) is 4.79 Å². The zero-order valence-electron chi connectivity index (χ0n) is 13.7. The maximum atomic E-state index is 11.9. The van der Waals surface area contributed by atoms with E-state index in [1.54, 1.807) is 22.8 Å². The normalized spacial score (nSPS) is 11.0. The lowest BCUT2D eigenvalue weighted by molar-refractivity contribution is 0.0580. The van der Waals surface area contributed by atoms with Crippen molar-refractivity contribution in [3.63, 3.8) is 0 Å². The number of imidazole rings is 1. The molecule has 0 amide bonds. The number of methoxy groups -OCH3 is 1. The molecule has 8 nitrogen and oxygen atoms in total. The van der Waals surface area contributed by atoms with Gasteiger partial charge in [-0.3, -0.25) is 0 Å². The van der Waals surface area contributed by atoms with E-state index in [0.717, 1.165) is 17.0 Å². The molecule has 0 radical (unpaired) electrons. The minimum Gasteiger partial charge on any atom is -0.463 e. The van der Waals surface area contributed by atoms with Crippen LogP contribution in [0.3, 0.4) is 0 Å².